The zero-order chi connectivity index (χ0) is 11.5. The summed E-state index contributed by atoms with van der Waals surface area (Å²) in [5, 5.41) is 0. The summed E-state index contributed by atoms with van der Waals surface area (Å²) in [5.41, 5.74) is 2.21. The number of rotatable bonds is 3. The molecule has 3 heteroatoms. The molecule has 0 spiro atoms. The van der Waals surface area contributed by atoms with E-state index in [1.54, 1.807) is 17.0 Å². The molecule has 0 amide bonds. The number of Topliss-reactive ketones (excluding diaryl/α,β-unsaturated/α-hetero) is 1. The molecule has 0 N–H and O–H groups in total. The number of carbonyl (C=O) groups is 1. The third kappa shape index (κ3) is 2.03. The number of carbonyl (C=O) groups excluding carboxylic acids is 1. The van der Waals surface area contributed by atoms with Crippen molar-refractivity contribution in [3.63, 3.8) is 0 Å². The van der Waals surface area contributed by atoms with Crippen LogP contribution in [-0.4, -0.2) is 15.3 Å². The predicted molar refractivity (Wildman–Crippen MR) is 62.4 cm³/mol. The first-order valence-corrected chi connectivity index (χ1v) is 5.23. The highest BCUT2D eigenvalue weighted by molar-refractivity contribution is 5.94. The van der Waals surface area contributed by atoms with E-state index in [2.05, 4.69) is 4.98 Å². The topological polar surface area (TPSA) is 34.9 Å². The largest absolute Gasteiger partial charge is 0.332 e. The van der Waals surface area contributed by atoms with Gasteiger partial charge in [0, 0.05) is 25.9 Å². The average Bonchev–Trinajstić information content (AvgIpc) is 2.68. The molecule has 0 saturated heterocycles. The summed E-state index contributed by atoms with van der Waals surface area (Å²) in [7, 11) is 1.83. The van der Waals surface area contributed by atoms with Gasteiger partial charge in [0.05, 0.1) is 0 Å². The van der Waals surface area contributed by atoms with E-state index >= 15 is 0 Å². The van der Waals surface area contributed by atoms with Crippen LogP contribution in [0.3, 0.4) is 0 Å². The van der Waals surface area contributed by atoms with E-state index in [4.69, 9.17) is 0 Å². The molecule has 0 radical (unpaired) electrons. The minimum absolute atomic E-state index is 0.0572. The molecule has 0 aliphatic heterocycles. The van der Waals surface area contributed by atoms with Crippen LogP contribution in [-0.2, 0) is 13.5 Å². The Morgan fingerprint density at radius 1 is 1.38 bits per heavy atom. The lowest BCUT2D eigenvalue weighted by molar-refractivity contribution is 0.0980. The first-order chi connectivity index (χ1) is 7.68. The van der Waals surface area contributed by atoms with Gasteiger partial charge in [-0.25, -0.2) is 4.98 Å². The molecule has 3 nitrogen and oxygen atoms in total. The van der Waals surface area contributed by atoms with Gasteiger partial charge in [-0.3, -0.25) is 4.79 Å². The lowest BCUT2D eigenvalue weighted by atomic mass is 10.0. The molecule has 0 aliphatic rings. The van der Waals surface area contributed by atoms with Gasteiger partial charge in [0.15, 0.2) is 5.82 Å². The smallest absolute Gasteiger partial charge is 0.202 e. The number of ketones is 1. The number of aryl methyl sites for hydroxylation is 2. The Kier molecular flexibility index (Phi) is 2.86. The molecular formula is C13H14N2O. The summed E-state index contributed by atoms with van der Waals surface area (Å²) in [6, 6.07) is 7.93. The molecule has 0 atom stereocenters. The van der Waals surface area contributed by atoms with Crippen molar-refractivity contribution < 1.29 is 4.79 Å². The van der Waals surface area contributed by atoms with Crippen molar-refractivity contribution in [2.24, 2.45) is 7.05 Å². The lowest BCUT2D eigenvalue weighted by Gasteiger charge is -2.04. The van der Waals surface area contributed by atoms with Gasteiger partial charge in [-0.15, -0.1) is 0 Å². The van der Waals surface area contributed by atoms with Gasteiger partial charge in [0.1, 0.15) is 0 Å². The second-order valence-corrected chi connectivity index (χ2v) is 3.89. The highest BCUT2D eigenvalue weighted by atomic mass is 16.1. The number of hydrogen-bond acceptors (Lipinski definition) is 2. The Bertz CT molecular complexity index is 514. The van der Waals surface area contributed by atoms with E-state index in [9.17, 15) is 4.79 Å². The fraction of sp³-hybridized carbons (Fsp3) is 0.231. The summed E-state index contributed by atoms with van der Waals surface area (Å²) in [4.78, 5) is 16.0. The van der Waals surface area contributed by atoms with Gasteiger partial charge in [-0.1, -0.05) is 24.3 Å². The zero-order valence-corrected chi connectivity index (χ0v) is 9.47. The van der Waals surface area contributed by atoms with Crippen LogP contribution in [0.4, 0.5) is 0 Å². The molecule has 0 fully saturated rings. The highest BCUT2D eigenvalue weighted by Gasteiger charge is 2.12. The van der Waals surface area contributed by atoms with Crippen molar-refractivity contribution in [1.82, 2.24) is 9.55 Å². The van der Waals surface area contributed by atoms with Gasteiger partial charge < -0.3 is 4.57 Å². The van der Waals surface area contributed by atoms with Crippen molar-refractivity contribution in [3.8, 4) is 0 Å². The van der Waals surface area contributed by atoms with E-state index in [1.165, 1.54) is 0 Å². The number of hydrogen-bond donors (Lipinski definition) is 0. The van der Waals surface area contributed by atoms with Crippen LogP contribution in [0.15, 0.2) is 36.7 Å². The first kappa shape index (κ1) is 10.6. The van der Waals surface area contributed by atoms with E-state index < -0.39 is 0 Å². The van der Waals surface area contributed by atoms with Crippen LogP contribution in [0.25, 0.3) is 0 Å². The summed E-state index contributed by atoms with van der Waals surface area (Å²) in [5.74, 6) is 0.574. The molecule has 1 aromatic heterocycles. The highest BCUT2D eigenvalue weighted by Crippen LogP contribution is 2.10. The van der Waals surface area contributed by atoms with Gasteiger partial charge in [0.25, 0.3) is 0 Å². The minimum atomic E-state index is 0.0572. The van der Waals surface area contributed by atoms with Gasteiger partial charge >= 0.3 is 0 Å². The summed E-state index contributed by atoms with van der Waals surface area (Å²) < 4.78 is 1.75. The third-order valence-electron chi connectivity index (χ3n) is 2.68. The molecule has 0 aliphatic carbocycles. The fourth-order valence-corrected chi connectivity index (χ4v) is 1.69. The standard InChI is InChI=1S/C13H14N2O/c1-10-5-3-4-6-11(10)9-12(16)13-14-7-8-15(13)2/h3-8H,9H2,1-2H3. The van der Waals surface area contributed by atoms with Crippen molar-refractivity contribution in [2.45, 2.75) is 13.3 Å². The maximum absolute atomic E-state index is 12.0. The Morgan fingerprint density at radius 2 is 2.12 bits per heavy atom. The average molecular weight is 214 g/mol. The molecular weight excluding hydrogens is 200 g/mol. The van der Waals surface area contributed by atoms with E-state index in [0.29, 0.717) is 12.2 Å². The van der Waals surface area contributed by atoms with E-state index in [-0.39, 0.29) is 5.78 Å². The molecule has 0 unspecified atom stereocenters. The Morgan fingerprint density at radius 3 is 2.75 bits per heavy atom. The van der Waals surface area contributed by atoms with Crippen LogP contribution < -0.4 is 0 Å². The van der Waals surface area contributed by atoms with Gasteiger partial charge in [0.2, 0.25) is 5.78 Å². The monoisotopic (exact) mass is 214 g/mol. The SMILES string of the molecule is Cc1ccccc1CC(=O)c1nccn1C. The second-order valence-electron chi connectivity index (χ2n) is 3.89. The lowest BCUT2D eigenvalue weighted by Crippen LogP contribution is -2.10. The molecule has 0 bridgehead atoms. The number of imidazole rings is 1. The van der Waals surface area contributed by atoms with E-state index in [1.807, 2.05) is 38.2 Å². The normalized spacial score (nSPS) is 10.4. The molecule has 0 saturated carbocycles. The Labute approximate surface area is 94.7 Å². The maximum Gasteiger partial charge on any atom is 0.202 e. The summed E-state index contributed by atoms with van der Waals surface area (Å²) >= 11 is 0. The molecule has 2 aromatic rings. The quantitative estimate of drug-likeness (QED) is 0.734. The number of nitrogens with zero attached hydrogens (tertiary/aromatic N) is 2. The predicted octanol–water partition coefficient (Wildman–Crippen LogP) is 2.15. The van der Waals surface area contributed by atoms with E-state index in [0.717, 1.165) is 11.1 Å². The molecule has 1 aromatic carbocycles. The fourth-order valence-electron chi connectivity index (χ4n) is 1.69. The second kappa shape index (κ2) is 4.31. The van der Waals surface area contributed by atoms with Crippen molar-refractivity contribution >= 4 is 5.78 Å². The molecule has 1 heterocycles. The Balaban J connectivity index is 2.21. The summed E-state index contributed by atoms with van der Waals surface area (Å²) in [6.07, 6.45) is 3.84. The zero-order valence-electron chi connectivity index (χ0n) is 9.47. The van der Waals surface area contributed by atoms with Crippen molar-refractivity contribution in [2.75, 3.05) is 0 Å². The summed E-state index contributed by atoms with van der Waals surface area (Å²) in [6.45, 7) is 2.01. The first-order valence-electron chi connectivity index (χ1n) is 5.23. The third-order valence-corrected chi connectivity index (χ3v) is 2.68. The van der Waals surface area contributed by atoms with Crippen LogP contribution >= 0.6 is 0 Å². The number of benzene rings is 1. The minimum Gasteiger partial charge on any atom is -0.332 e. The van der Waals surface area contributed by atoms with Crippen LogP contribution in [0.5, 0.6) is 0 Å². The van der Waals surface area contributed by atoms with Crippen molar-refractivity contribution in [3.05, 3.63) is 53.6 Å². The van der Waals surface area contributed by atoms with Gasteiger partial charge in [-0.05, 0) is 18.1 Å². The molecule has 82 valence electrons. The number of aromatic nitrogens is 2. The van der Waals surface area contributed by atoms with Crippen LogP contribution in [0, 0.1) is 6.92 Å². The molecule has 16 heavy (non-hydrogen) atoms. The van der Waals surface area contributed by atoms with Crippen molar-refractivity contribution in [1.29, 1.82) is 0 Å². The maximum atomic E-state index is 12.0. The van der Waals surface area contributed by atoms with Crippen LogP contribution in [0.1, 0.15) is 21.7 Å². The Hall–Kier alpha value is -1.90. The van der Waals surface area contributed by atoms with Crippen LogP contribution in [0.2, 0.25) is 0 Å². The molecule has 2 rings (SSSR count). The van der Waals surface area contributed by atoms with Gasteiger partial charge in [-0.2, -0.15) is 0 Å².